The molecule has 74 valence electrons. The number of halogens is 2. The standard InChI is InChI=1S/C10H8Br2O2/c11-5-9(13)8-4-7(12)3-6-1-2-14-10(6)8/h3-4H,1-2,5H2. The van der Waals surface area contributed by atoms with Gasteiger partial charge in [0.1, 0.15) is 5.75 Å². The maximum absolute atomic E-state index is 11.6. The molecule has 0 unspecified atom stereocenters. The van der Waals surface area contributed by atoms with Crippen LogP contribution in [0.15, 0.2) is 16.6 Å². The van der Waals surface area contributed by atoms with E-state index in [4.69, 9.17) is 4.74 Å². The maximum atomic E-state index is 11.6. The van der Waals surface area contributed by atoms with E-state index < -0.39 is 0 Å². The largest absolute Gasteiger partial charge is 0.492 e. The minimum Gasteiger partial charge on any atom is -0.492 e. The molecule has 1 aromatic carbocycles. The predicted octanol–water partition coefficient (Wildman–Crippen LogP) is 2.96. The van der Waals surface area contributed by atoms with E-state index >= 15 is 0 Å². The van der Waals surface area contributed by atoms with Crippen molar-refractivity contribution < 1.29 is 9.53 Å². The molecule has 4 heteroatoms. The minimum absolute atomic E-state index is 0.0597. The molecule has 0 radical (unpaired) electrons. The smallest absolute Gasteiger partial charge is 0.177 e. The van der Waals surface area contributed by atoms with E-state index in [-0.39, 0.29) is 5.78 Å². The van der Waals surface area contributed by atoms with Gasteiger partial charge in [-0.15, -0.1) is 0 Å². The van der Waals surface area contributed by atoms with Gasteiger partial charge in [-0.3, -0.25) is 4.79 Å². The number of ether oxygens (including phenoxy) is 1. The van der Waals surface area contributed by atoms with Gasteiger partial charge in [0, 0.05) is 10.9 Å². The molecular weight excluding hydrogens is 312 g/mol. The average Bonchev–Trinajstić information content (AvgIpc) is 2.62. The van der Waals surface area contributed by atoms with Gasteiger partial charge < -0.3 is 4.74 Å². The molecule has 2 nitrogen and oxygen atoms in total. The van der Waals surface area contributed by atoms with Crippen molar-refractivity contribution >= 4 is 37.6 Å². The van der Waals surface area contributed by atoms with E-state index in [0.717, 1.165) is 22.2 Å². The van der Waals surface area contributed by atoms with Gasteiger partial charge in [0.25, 0.3) is 0 Å². The lowest BCUT2D eigenvalue weighted by Gasteiger charge is -2.06. The van der Waals surface area contributed by atoms with Crippen LogP contribution in [0.5, 0.6) is 5.75 Å². The average molecular weight is 320 g/mol. The highest BCUT2D eigenvalue weighted by atomic mass is 79.9. The van der Waals surface area contributed by atoms with Gasteiger partial charge >= 0.3 is 0 Å². The van der Waals surface area contributed by atoms with Crippen LogP contribution in [-0.2, 0) is 6.42 Å². The summed E-state index contributed by atoms with van der Waals surface area (Å²) in [5.74, 6) is 0.821. The van der Waals surface area contributed by atoms with Crippen LogP contribution in [0.3, 0.4) is 0 Å². The summed E-state index contributed by atoms with van der Waals surface area (Å²) in [7, 11) is 0. The summed E-state index contributed by atoms with van der Waals surface area (Å²) < 4.78 is 6.38. The van der Waals surface area contributed by atoms with E-state index in [9.17, 15) is 4.79 Å². The number of carbonyl (C=O) groups excluding carboxylic acids is 1. The van der Waals surface area contributed by atoms with Crippen LogP contribution >= 0.6 is 31.9 Å². The normalized spacial score (nSPS) is 13.6. The Morgan fingerprint density at radius 2 is 2.29 bits per heavy atom. The van der Waals surface area contributed by atoms with Gasteiger partial charge in [-0.1, -0.05) is 31.9 Å². The quantitative estimate of drug-likeness (QED) is 0.619. The van der Waals surface area contributed by atoms with Crippen molar-refractivity contribution in [1.29, 1.82) is 0 Å². The van der Waals surface area contributed by atoms with Crippen molar-refractivity contribution in [2.45, 2.75) is 6.42 Å². The van der Waals surface area contributed by atoms with E-state index in [1.165, 1.54) is 0 Å². The third-order valence-corrected chi connectivity index (χ3v) is 3.14. The van der Waals surface area contributed by atoms with Crippen molar-refractivity contribution in [3.63, 3.8) is 0 Å². The number of hydrogen-bond donors (Lipinski definition) is 0. The number of ketones is 1. The molecule has 0 atom stereocenters. The molecule has 0 spiro atoms. The highest BCUT2D eigenvalue weighted by molar-refractivity contribution is 9.10. The lowest BCUT2D eigenvalue weighted by Crippen LogP contribution is -2.02. The van der Waals surface area contributed by atoms with E-state index in [0.29, 0.717) is 17.5 Å². The summed E-state index contributed by atoms with van der Waals surface area (Å²) in [5.41, 5.74) is 1.78. The van der Waals surface area contributed by atoms with Crippen LogP contribution in [0.4, 0.5) is 0 Å². The molecule has 0 N–H and O–H groups in total. The molecule has 1 heterocycles. The number of carbonyl (C=O) groups is 1. The highest BCUT2D eigenvalue weighted by Gasteiger charge is 2.20. The third-order valence-electron chi connectivity index (χ3n) is 2.17. The summed E-state index contributed by atoms with van der Waals surface area (Å²) in [4.78, 5) is 11.6. The van der Waals surface area contributed by atoms with Crippen LogP contribution in [0, 0.1) is 0 Å². The molecule has 0 saturated carbocycles. The van der Waals surface area contributed by atoms with Gasteiger partial charge in [-0.05, 0) is 17.7 Å². The molecular formula is C10H8Br2O2. The van der Waals surface area contributed by atoms with Crippen LogP contribution in [0.1, 0.15) is 15.9 Å². The number of fused-ring (bicyclic) bond motifs is 1. The van der Waals surface area contributed by atoms with Gasteiger partial charge in [0.2, 0.25) is 0 Å². The Balaban J connectivity index is 2.54. The zero-order valence-electron chi connectivity index (χ0n) is 7.35. The monoisotopic (exact) mass is 318 g/mol. The van der Waals surface area contributed by atoms with Gasteiger partial charge in [0.15, 0.2) is 5.78 Å². The Bertz CT molecular complexity index is 388. The van der Waals surface area contributed by atoms with Crippen LogP contribution in [-0.4, -0.2) is 17.7 Å². The Labute approximate surface area is 98.9 Å². The van der Waals surface area contributed by atoms with Crippen LogP contribution in [0.2, 0.25) is 0 Å². The summed E-state index contributed by atoms with van der Waals surface area (Å²) in [6.45, 7) is 0.675. The van der Waals surface area contributed by atoms with Crippen molar-refractivity contribution in [2.24, 2.45) is 0 Å². The predicted molar refractivity (Wildman–Crippen MR) is 61.5 cm³/mol. The van der Waals surface area contributed by atoms with Crippen molar-refractivity contribution in [3.05, 3.63) is 27.7 Å². The summed E-state index contributed by atoms with van der Waals surface area (Å²) in [5, 5.41) is 0.333. The molecule has 0 saturated heterocycles. The molecule has 0 fully saturated rings. The Hall–Kier alpha value is -0.350. The van der Waals surface area contributed by atoms with Crippen LogP contribution in [0.25, 0.3) is 0 Å². The number of rotatable bonds is 2. The number of alkyl halides is 1. The molecule has 1 aliphatic rings. The molecule has 1 aromatic rings. The number of benzene rings is 1. The second kappa shape index (κ2) is 4.03. The summed E-state index contributed by atoms with van der Waals surface area (Å²) in [6.07, 6.45) is 0.886. The van der Waals surface area contributed by atoms with Gasteiger partial charge in [-0.2, -0.15) is 0 Å². The molecule has 1 aliphatic heterocycles. The summed E-state index contributed by atoms with van der Waals surface area (Å²) >= 11 is 6.55. The maximum Gasteiger partial charge on any atom is 0.177 e. The number of hydrogen-bond acceptors (Lipinski definition) is 2. The third kappa shape index (κ3) is 1.73. The lowest BCUT2D eigenvalue weighted by molar-refractivity contribution is 0.102. The molecule has 0 aromatic heterocycles. The molecule has 0 bridgehead atoms. The van der Waals surface area contributed by atoms with Gasteiger partial charge in [0.05, 0.1) is 17.5 Å². The first-order valence-corrected chi connectivity index (χ1v) is 6.18. The fourth-order valence-electron chi connectivity index (χ4n) is 1.55. The Kier molecular flexibility index (Phi) is 2.93. The first kappa shape index (κ1) is 10.2. The lowest BCUT2D eigenvalue weighted by atomic mass is 10.1. The zero-order valence-corrected chi connectivity index (χ0v) is 10.5. The van der Waals surface area contributed by atoms with E-state index in [1.807, 2.05) is 12.1 Å². The van der Waals surface area contributed by atoms with Gasteiger partial charge in [-0.25, -0.2) is 0 Å². The molecule has 0 aliphatic carbocycles. The second-order valence-electron chi connectivity index (χ2n) is 3.10. The molecule has 2 rings (SSSR count). The van der Waals surface area contributed by atoms with E-state index in [1.54, 1.807) is 0 Å². The van der Waals surface area contributed by atoms with Crippen molar-refractivity contribution in [3.8, 4) is 5.75 Å². The fourth-order valence-corrected chi connectivity index (χ4v) is 2.36. The van der Waals surface area contributed by atoms with Crippen molar-refractivity contribution in [2.75, 3.05) is 11.9 Å². The fraction of sp³-hybridized carbons (Fsp3) is 0.300. The second-order valence-corrected chi connectivity index (χ2v) is 4.57. The number of Topliss-reactive ketones (excluding diaryl/α,β-unsaturated/α-hetero) is 1. The highest BCUT2D eigenvalue weighted by Crippen LogP contribution is 2.33. The topological polar surface area (TPSA) is 26.3 Å². The molecule has 0 amide bonds. The Morgan fingerprint density at radius 3 is 3.00 bits per heavy atom. The first-order chi connectivity index (χ1) is 6.72. The van der Waals surface area contributed by atoms with Crippen LogP contribution < -0.4 is 4.74 Å². The van der Waals surface area contributed by atoms with E-state index in [2.05, 4.69) is 31.9 Å². The SMILES string of the molecule is O=C(CBr)c1cc(Br)cc2c1OCC2. The zero-order chi connectivity index (χ0) is 10.1. The Morgan fingerprint density at radius 1 is 1.50 bits per heavy atom. The molecule has 14 heavy (non-hydrogen) atoms. The first-order valence-electron chi connectivity index (χ1n) is 4.26. The minimum atomic E-state index is 0.0597. The van der Waals surface area contributed by atoms with Crippen molar-refractivity contribution in [1.82, 2.24) is 0 Å². The summed E-state index contributed by atoms with van der Waals surface area (Å²) in [6, 6.07) is 3.82.